The summed E-state index contributed by atoms with van der Waals surface area (Å²) in [6.07, 6.45) is 4.24. The summed E-state index contributed by atoms with van der Waals surface area (Å²) in [6, 6.07) is 1.98. The van der Waals surface area contributed by atoms with E-state index in [0.717, 1.165) is 40.3 Å². The molecule has 0 spiro atoms. The van der Waals surface area contributed by atoms with Crippen molar-refractivity contribution in [3.63, 3.8) is 0 Å². The highest BCUT2D eigenvalue weighted by atomic mass is 16.5. The van der Waals surface area contributed by atoms with Crippen LogP contribution < -0.4 is 5.32 Å². The first kappa shape index (κ1) is 16.0. The minimum absolute atomic E-state index is 0.0159. The number of aromatic nitrogens is 4. The van der Waals surface area contributed by atoms with Gasteiger partial charge in [-0.1, -0.05) is 5.16 Å². The van der Waals surface area contributed by atoms with Gasteiger partial charge in [-0.05, 0) is 26.3 Å². The van der Waals surface area contributed by atoms with Gasteiger partial charge in [0.15, 0.2) is 0 Å². The number of aryl methyl sites for hydroxylation is 2. The monoisotopic (exact) mass is 343 g/mol. The van der Waals surface area contributed by atoms with E-state index in [0.29, 0.717) is 19.8 Å². The number of hydrogen-bond acceptors (Lipinski definition) is 7. The maximum absolute atomic E-state index is 6.17. The molecule has 0 bridgehead atoms. The first-order chi connectivity index (χ1) is 12.2. The Bertz CT molecular complexity index is 839. The standard InChI is InChI=1S/C17H21N5O3/c1-10-13(11(2)25-22-10)7-24-15-4-6-23-8-14(15)21-17-12-3-5-18-16(12)19-9-20-17/h3,5,9,14-15H,4,6-8H2,1-2H3,(H2,18,19,20,21)/t14-,15+/m1/s1. The third-order valence-electron chi connectivity index (χ3n) is 4.59. The number of ether oxygens (including phenoxy) is 2. The molecule has 0 aliphatic carbocycles. The molecular weight excluding hydrogens is 322 g/mol. The molecule has 25 heavy (non-hydrogen) atoms. The van der Waals surface area contributed by atoms with E-state index in [4.69, 9.17) is 14.0 Å². The zero-order valence-electron chi connectivity index (χ0n) is 14.3. The lowest BCUT2D eigenvalue weighted by Crippen LogP contribution is -2.44. The molecule has 2 atom stereocenters. The lowest BCUT2D eigenvalue weighted by molar-refractivity contribution is -0.0481. The predicted octanol–water partition coefficient (Wildman–Crippen LogP) is 2.35. The second-order valence-electron chi connectivity index (χ2n) is 6.23. The molecule has 1 saturated heterocycles. The number of rotatable bonds is 5. The Morgan fingerprint density at radius 1 is 1.36 bits per heavy atom. The highest BCUT2D eigenvalue weighted by molar-refractivity contribution is 5.86. The van der Waals surface area contributed by atoms with Gasteiger partial charge in [0.2, 0.25) is 0 Å². The fraction of sp³-hybridized carbons (Fsp3) is 0.471. The zero-order valence-corrected chi connectivity index (χ0v) is 14.3. The number of aromatic amines is 1. The Morgan fingerprint density at radius 3 is 3.12 bits per heavy atom. The summed E-state index contributed by atoms with van der Waals surface area (Å²) < 4.78 is 17.0. The van der Waals surface area contributed by atoms with E-state index in [9.17, 15) is 0 Å². The van der Waals surface area contributed by atoms with Crippen molar-refractivity contribution < 1.29 is 14.0 Å². The van der Waals surface area contributed by atoms with Gasteiger partial charge in [0.05, 0.1) is 36.4 Å². The van der Waals surface area contributed by atoms with Crippen molar-refractivity contribution >= 4 is 16.9 Å². The molecule has 0 aromatic carbocycles. The average molecular weight is 343 g/mol. The molecule has 1 aliphatic rings. The second-order valence-corrected chi connectivity index (χ2v) is 6.23. The molecule has 8 heteroatoms. The number of H-pyrrole nitrogens is 1. The van der Waals surface area contributed by atoms with Crippen molar-refractivity contribution in [2.45, 2.75) is 39.0 Å². The summed E-state index contributed by atoms with van der Waals surface area (Å²) in [5.74, 6) is 1.59. The van der Waals surface area contributed by atoms with Crippen LogP contribution in [0, 0.1) is 13.8 Å². The van der Waals surface area contributed by atoms with Gasteiger partial charge in [-0.15, -0.1) is 0 Å². The molecule has 1 aliphatic heterocycles. The van der Waals surface area contributed by atoms with E-state index in [1.54, 1.807) is 6.33 Å². The smallest absolute Gasteiger partial charge is 0.142 e. The quantitative estimate of drug-likeness (QED) is 0.734. The summed E-state index contributed by atoms with van der Waals surface area (Å²) in [4.78, 5) is 11.7. The summed E-state index contributed by atoms with van der Waals surface area (Å²) in [5, 5.41) is 8.39. The van der Waals surface area contributed by atoms with E-state index in [2.05, 4.69) is 25.4 Å². The lowest BCUT2D eigenvalue weighted by Gasteiger charge is -2.32. The van der Waals surface area contributed by atoms with Crippen LogP contribution in [-0.4, -0.2) is 45.5 Å². The third-order valence-corrected chi connectivity index (χ3v) is 4.59. The number of hydrogen-bond donors (Lipinski definition) is 2. The molecule has 3 aromatic rings. The zero-order chi connectivity index (χ0) is 17.2. The number of fused-ring (bicyclic) bond motifs is 1. The molecule has 8 nitrogen and oxygen atoms in total. The Balaban J connectivity index is 1.48. The Kier molecular flexibility index (Phi) is 4.37. The molecule has 3 aromatic heterocycles. The minimum atomic E-state index is 0.0159. The van der Waals surface area contributed by atoms with Crippen molar-refractivity contribution in [2.24, 2.45) is 0 Å². The number of nitrogens with one attached hydrogen (secondary N) is 2. The summed E-state index contributed by atoms with van der Waals surface area (Å²) in [5.41, 5.74) is 2.70. The van der Waals surface area contributed by atoms with Gasteiger partial charge >= 0.3 is 0 Å². The van der Waals surface area contributed by atoms with Gasteiger partial charge in [0.25, 0.3) is 0 Å². The molecule has 0 saturated carbocycles. The first-order valence-electron chi connectivity index (χ1n) is 8.38. The van der Waals surface area contributed by atoms with Crippen molar-refractivity contribution in [1.29, 1.82) is 0 Å². The molecule has 0 amide bonds. The van der Waals surface area contributed by atoms with Crippen LogP contribution in [0.4, 0.5) is 5.82 Å². The molecule has 2 N–H and O–H groups in total. The predicted molar refractivity (Wildman–Crippen MR) is 91.3 cm³/mol. The van der Waals surface area contributed by atoms with Crippen LogP contribution in [0.2, 0.25) is 0 Å². The molecule has 0 unspecified atom stereocenters. The van der Waals surface area contributed by atoms with E-state index >= 15 is 0 Å². The van der Waals surface area contributed by atoms with Gasteiger partial charge in [-0.25, -0.2) is 9.97 Å². The fourth-order valence-corrected chi connectivity index (χ4v) is 3.11. The van der Waals surface area contributed by atoms with Gasteiger partial charge in [0.1, 0.15) is 23.6 Å². The summed E-state index contributed by atoms with van der Waals surface area (Å²) >= 11 is 0. The largest absolute Gasteiger partial charge is 0.379 e. The maximum atomic E-state index is 6.17. The Labute approximate surface area is 144 Å². The molecular formula is C17H21N5O3. The van der Waals surface area contributed by atoms with Crippen molar-refractivity contribution in [2.75, 3.05) is 18.5 Å². The van der Waals surface area contributed by atoms with Crippen LogP contribution in [0.3, 0.4) is 0 Å². The minimum Gasteiger partial charge on any atom is -0.379 e. The normalized spacial score (nSPS) is 20.9. The molecule has 1 fully saturated rings. The molecule has 132 valence electrons. The van der Waals surface area contributed by atoms with Crippen LogP contribution >= 0.6 is 0 Å². The van der Waals surface area contributed by atoms with Gasteiger partial charge < -0.3 is 24.3 Å². The van der Waals surface area contributed by atoms with E-state index < -0.39 is 0 Å². The molecule has 0 radical (unpaired) electrons. The topological polar surface area (TPSA) is 98.1 Å². The highest BCUT2D eigenvalue weighted by Crippen LogP contribution is 2.23. The molecule has 4 rings (SSSR count). The van der Waals surface area contributed by atoms with Crippen LogP contribution in [-0.2, 0) is 16.1 Å². The van der Waals surface area contributed by atoms with Crippen LogP contribution in [0.25, 0.3) is 11.0 Å². The highest BCUT2D eigenvalue weighted by Gasteiger charge is 2.28. The maximum Gasteiger partial charge on any atom is 0.142 e. The second kappa shape index (κ2) is 6.81. The summed E-state index contributed by atoms with van der Waals surface area (Å²) in [6.45, 7) is 5.57. The van der Waals surface area contributed by atoms with Crippen LogP contribution in [0.1, 0.15) is 23.4 Å². The Morgan fingerprint density at radius 2 is 2.28 bits per heavy atom. The van der Waals surface area contributed by atoms with Crippen molar-refractivity contribution in [1.82, 2.24) is 20.1 Å². The first-order valence-corrected chi connectivity index (χ1v) is 8.38. The van der Waals surface area contributed by atoms with E-state index in [1.807, 2.05) is 26.1 Å². The average Bonchev–Trinajstić information content (AvgIpc) is 3.22. The third kappa shape index (κ3) is 3.22. The van der Waals surface area contributed by atoms with Gasteiger partial charge in [-0.2, -0.15) is 0 Å². The van der Waals surface area contributed by atoms with Gasteiger partial charge in [-0.3, -0.25) is 0 Å². The van der Waals surface area contributed by atoms with E-state index in [-0.39, 0.29) is 12.1 Å². The van der Waals surface area contributed by atoms with Crippen molar-refractivity contribution in [3.05, 3.63) is 35.6 Å². The van der Waals surface area contributed by atoms with Crippen LogP contribution in [0.5, 0.6) is 0 Å². The lowest BCUT2D eigenvalue weighted by atomic mass is 10.1. The number of anilines is 1. The number of nitrogens with zero attached hydrogens (tertiary/aromatic N) is 3. The summed E-state index contributed by atoms with van der Waals surface area (Å²) in [7, 11) is 0. The fourth-order valence-electron chi connectivity index (χ4n) is 3.11. The molecule has 4 heterocycles. The SMILES string of the molecule is Cc1noc(C)c1CO[C@H]1CCOC[C@H]1Nc1ncnc2[nH]ccc12. The van der Waals surface area contributed by atoms with Crippen LogP contribution in [0.15, 0.2) is 23.1 Å². The van der Waals surface area contributed by atoms with Gasteiger partial charge in [0, 0.05) is 18.4 Å². The Hall–Kier alpha value is -2.45. The van der Waals surface area contributed by atoms with E-state index in [1.165, 1.54) is 0 Å². The van der Waals surface area contributed by atoms with Crippen molar-refractivity contribution in [3.8, 4) is 0 Å².